The molecule has 1 aromatic rings. The van der Waals surface area contributed by atoms with Gasteiger partial charge in [0.25, 0.3) is 0 Å². The lowest BCUT2D eigenvalue weighted by molar-refractivity contribution is -0.210. The monoisotopic (exact) mass is 230 g/mol. The molecule has 86 valence electrons. The van der Waals surface area contributed by atoms with E-state index in [0.29, 0.717) is 0 Å². The minimum atomic E-state index is -4.31. The van der Waals surface area contributed by atoms with Gasteiger partial charge in [0.2, 0.25) is 0 Å². The summed E-state index contributed by atoms with van der Waals surface area (Å²) in [6.07, 6.45) is -4.31. The van der Waals surface area contributed by atoms with Crippen molar-refractivity contribution in [3.63, 3.8) is 0 Å². The molecule has 0 saturated carbocycles. The van der Waals surface area contributed by atoms with Crippen molar-refractivity contribution in [2.75, 3.05) is 0 Å². The van der Waals surface area contributed by atoms with Crippen molar-refractivity contribution in [1.29, 1.82) is 0 Å². The number of carboxylic acids is 1. The number of ether oxygens (including phenoxy) is 1. The number of rotatable bonds is 4. The van der Waals surface area contributed by atoms with E-state index in [-0.39, 0.29) is 17.1 Å². The maximum Gasteiger partial charge on any atom is 0.501 e. The maximum atomic E-state index is 12.7. The Morgan fingerprint density at radius 3 is 2.50 bits per heavy atom. The van der Waals surface area contributed by atoms with Gasteiger partial charge in [0.05, 0.1) is 0 Å². The van der Waals surface area contributed by atoms with Gasteiger partial charge in [0.1, 0.15) is 5.75 Å². The van der Waals surface area contributed by atoms with Crippen molar-refractivity contribution in [2.45, 2.75) is 13.0 Å². The second-order valence-electron chi connectivity index (χ2n) is 3.01. The third kappa shape index (κ3) is 2.75. The van der Waals surface area contributed by atoms with Gasteiger partial charge in [-0.2, -0.15) is 8.78 Å². The minimum Gasteiger partial charge on any atom is -0.474 e. The molecule has 0 radical (unpaired) electrons. The van der Waals surface area contributed by atoms with Gasteiger partial charge in [-0.15, -0.1) is 0 Å². The van der Waals surface area contributed by atoms with E-state index in [1.54, 1.807) is 0 Å². The van der Waals surface area contributed by atoms with Crippen LogP contribution in [0.15, 0.2) is 24.3 Å². The van der Waals surface area contributed by atoms with Crippen LogP contribution < -0.4 is 4.74 Å². The molecule has 0 aromatic heterocycles. The van der Waals surface area contributed by atoms with Crippen molar-refractivity contribution in [3.05, 3.63) is 29.8 Å². The van der Waals surface area contributed by atoms with Gasteiger partial charge in [0.15, 0.2) is 5.78 Å². The molecule has 0 amide bonds. The van der Waals surface area contributed by atoms with Gasteiger partial charge in [0, 0.05) is 5.56 Å². The number of halogens is 2. The number of alkyl halides is 2. The molecule has 0 bridgehead atoms. The van der Waals surface area contributed by atoms with Crippen LogP contribution in [-0.2, 0) is 4.79 Å². The molecule has 0 fully saturated rings. The van der Waals surface area contributed by atoms with E-state index in [4.69, 9.17) is 5.11 Å². The summed E-state index contributed by atoms with van der Waals surface area (Å²) in [4.78, 5) is 21.0. The van der Waals surface area contributed by atoms with E-state index in [1.807, 2.05) is 0 Å². The number of carbonyl (C=O) groups excluding carboxylic acids is 1. The SMILES string of the molecule is CC(=O)c1cccc(OC(F)(F)C(=O)O)c1. The summed E-state index contributed by atoms with van der Waals surface area (Å²) in [6.45, 7) is 1.26. The first-order valence-corrected chi connectivity index (χ1v) is 4.24. The quantitative estimate of drug-likeness (QED) is 0.803. The van der Waals surface area contributed by atoms with Crippen LogP contribution in [0.3, 0.4) is 0 Å². The van der Waals surface area contributed by atoms with E-state index in [0.717, 1.165) is 12.1 Å². The van der Waals surface area contributed by atoms with Crippen LogP contribution in [0.4, 0.5) is 8.78 Å². The molecule has 0 saturated heterocycles. The predicted molar refractivity (Wildman–Crippen MR) is 49.7 cm³/mol. The Labute approximate surface area is 89.5 Å². The number of carboxylic acid groups (broad SMARTS) is 1. The second-order valence-corrected chi connectivity index (χ2v) is 3.01. The van der Waals surface area contributed by atoms with Crippen LogP contribution >= 0.6 is 0 Å². The largest absolute Gasteiger partial charge is 0.501 e. The van der Waals surface area contributed by atoms with E-state index in [9.17, 15) is 18.4 Å². The Kier molecular flexibility index (Phi) is 3.22. The van der Waals surface area contributed by atoms with Crippen LogP contribution in [0.5, 0.6) is 5.75 Å². The lowest BCUT2D eigenvalue weighted by Gasteiger charge is -2.13. The Morgan fingerprint density at radius 2 is 2.00 bits per heavy atom. The average molecular weight is 230 g/mol. The number of carbonyl (C=O) groups is 2. The summed E-state index contributed by atoms with van der Waals surface area (Å²) >= 11 is 0. The summed E-state index contributed by atoms with van der Waals surface area (Å²) in [5.41, 5.74) is 0.165. The highest BCUT2D eigenvalue weighted by Crippen LogP contribution is 2.22. The normalized spacial score (nSPS) is 10.9. The maximum absolute atomic E-state index is 12.7. The number of hydrogen-bond acceptors (Lipinski definition) is 3. The molecule has 16 heavy (non-hydrogen) atoms. The first-order chi connectivity index (χ1) is 7.33. The molecule has 1 rings (SSSR count). The van der Waals surface area contributed by atoms with Gasteiger partial charge in [-0.25, -0.2) is 4.79 Å². The lowest BCUT2D eigenvalue weighted by Crippen LogP contribution is -2.34. The van der Waals surface area contributed by atoms with E-state index >= 15 is 0 Å². The van der Waals surface area contributed by atoms with Gasteiger partial charge >= 0.3 is 12.1 Å². The number of ketones is 1. The van der Waals surface area contributed by atoms with Crippen LogP contribution in [0, 0.1) is 0 Å². The van der Waals surface area contributed by atoms with Gasteiger partial charge in [-0.1, -0.05) is 12.1 Å². The molecule has 4 nitrogen and oxygen atoms in total. The Balaban J connectivity index is 2.94. The third-order valence-electron chi connectivity index (χ3n) is 1.74. The summed E-state index contributed by atoms with van der Waals surface area (Å²) in [7, 11) is 0. The topological polar surface area (TPSA) is 63.6 Å². The molecule has 0 aliphatic rings. The van der Waals surface area contributed by atoms with Crippen molar-refractivity contribution in [2.24, 2.45) is 0 Å². The van der Waals surface area contributed by atoms with Crippen molar-refractivity contribution in [1.82, 2.24) is 0 Å². The smallest absolute Gasteiger partial charge is 0.474 e. The fourth-order valence-corrected chi connectivity index (χ4v) is 0.970. The molecule has 6 heteroatoms. The van der Waals surface area contributed by atoms with Gasteiger partial charge < -0.3 is 9.84 Å². The average Bonchev–Trinajstić information content (AvgIpc) is 2.17. The number of aliphatic carboxylic acids is 1. The highest BCUT2D eigenvalue weighted by atomic mass is 19.3. The molecule has 0 aliphatic carbocycles. The predicted octanol–water partition coefficient (Wildman–Crippen LogP) is 1.95. The van der Waals surface area contributed by atoms with Crippen molar-refractivity contribution < 1.29 is 28.2 Å². The summed E-state index contributed by atoms with van der Waals surface area (Å²) in [6, 6.07) is 4.93. The number of Topliss-reactive ketones (excluding diaryl/α,β-unsaturated/α-hetero) is 1. The van der Waals surface area contributed by atoms with Crippen LogP contribution in [0.2, 0.25) is 0 Å². The van der Waals surface area contributed by atoms with Crippen LogP contribution in [0.1, 0.15) is 17.3 Å². The highest BCUT2D eigenvalue weighted by Gasteiger charge is 2.42. The molecule has 0 heterocycles. The second kappa shape index (κ2) is 4.26. The fourth-order valence-electron chi connectivity index (χ4n) is 0.970. The van der Waals surface area contributed by atoms with Gasteiger partial charge in [-0.3, -0.25) is 4.79 Å². The summed E-state index contributed by atoms with van der Waals surface area (Å²) < 4.78 is 29.3. The van der Waals surface area contributed by atoms with E-state index in [1.165, 1.54) is 19.1 Å². The molecular weight excluding hydrogens is 222 g/mol. The van der Waals surface area contributed by atoms with Crippen LogP contribution in [0.25, 0.3) is 0 Å². The third-order valence-corrected chi connectivity index (χ3v) is 1.74. The first kappa shape index (κ1) is 12.1. The molecule has 0 aliphatic heterocycles. The number of benzene rings is 1. The fraction of sp³-hybridized carbons (Fsp3) is 0.200. The first-order valence-electron chi connectivity index (χ1n) is 4.24. The van der Waals surface area contributed by atoms with Crippen molar-refractivity contribution in [3.8, 4) is 5.75 Å². The zero-order valence-corrected chi connectivity index (χ0v) is 8.24. The summed E-state index contributed by atoms with van der Waals surface area (Å²) in [5.74, 6) is -3.09. The summed E-state index contributed by atoms with van der Waals surface area (Å²) in [5, 5.41) is 8.14. The Bertz CT molecular complexity index is 429. The van der Waals surface area contributed by atoms with Crippen LogP contribution in [-0.4, -0.2) is 23.0 Å². The molecule has 0 spiro atoms. The standard InChI is InChI=1S/C10H8F2O4/c1-6(13)7-3-2-4-8(5-7)16-10(11,12)9(14)15/h2-5H,1H3,(H,14,15). The van der Waals surface area contributed by atoms with Gasteiger partial charge in [-0.05, 0) is 19.1 Å². The molecule has 1 N–H and O–H groups in total. The Hall–Kier alpha value is -1.98. The number of hydrogen-bond donors (Lipinski definition) is 1. The highest BCUT2D eigenvalue weighted by molar-refractivity contribution is 5.94. The van der Waals surface area contributed by atoms with E-state index < -0.39 is 12.1 Å². The van der Waals surface area contributed by atoms with Crippen molar-refractivity contribution >= 4 is 11.8 Å². The minimum absolute atomic E-state index is 0.165. The zero-order chi connectivity index (χ0) is 12.3. The molecule has 1 aromatic carbocycles. The molecular formula is C10H8F2O4. The molecule has 0 unspecified atom stereocenters. The zero-order valence-electron chi connectivity index (χ0n) is 8.24. The Morgan fingerprint density at radius 1 is 1.38 bits per heavy atom. The lowest BCUT2D eigenvalue weighted by atomic mass is 10.1. The molecule has 0 atom stereocenters. The van der Waals surface area contributed by atoms with E-state index in [2.05, 4.69) is 4.74 Å².